The molecule has 0 saturated heterocycles. The number of rotatable bonds is 6. The molecule has 0 atom stereocenters. The number of amides is 1. The first-order chi connectivity index (χ1) is 7.65. The molecule has 0 bridgehead atoms. The topological polar surface area (TPSA) is 70.8 Å². The Hall–Kier alpha value is -2.04. The minimum atomic E-state index is -0.943. The molecule has 1 heterocycles. The van der Waals surface area contributed by atoms with Crippen molar-refractivity contribution in [1.82, 2.24) is 4.90 Å². The van der Waals surface area contributed by atoms with Crippen LogP contribution in [-0.4, -0.2) is 35.0 Å². The maximum Gasteiger partial charge on any atom is 0.305 e. The van der Waals surface area contributed by atoms with Gasteiger partial charge < -0.3 is 14.4 Å². The number of aliphatic carboxylic acids is 1. The van der Waals surface area contributed by atoms with Crippen molar-refractivity contribution in [1.29, 1.82) is 0 Å². The highest BCUT2D eigenvalue weighted by Crippen LogP contribution is 2.06. The van der Waals surface area contributed by atoms with E-state index in [4.69, 9.17) is 9.52 Å². The van der Waals surface area contributed by atoms with Crippen LogP contribution in [0.4, 0.5) is 0 Å². The van der Waals surface area contributed by atoms with Crippen molar-refractivity contribution in [3.8, 4) is 0 Å². The van der Waals surface area contributed by atoms with Gasteiger partial charge in [-0.05, 0) is 12.1 Å². The molecule has 16 heavy (non-hydrogen) atoms. The average Bonchev–Trinajstić information content (AvgIpc) is 2.76. The van der Waals surface area contributed by atoms with Crippen LogP contribution in [0, 0.1) is 0 Å². The third kappa shape index (κ3) is 3.27. The zero-order chi connectivity index (χ0) is 12.0. The summed E-state index contributed by atoms with van der Waals surface area (Å²) in [4.78, 5) is 23.6. The Balaban J connectivity index is 2.65. The molecule has 0 unspecified atom stereocenters. The fraction of sp³-hybridized carbons (Fsp3) is 0.273. The molecule has 0 saturated carbocycles. The van der Waals surface area contributed by atoms with Crippen LogP contribution < -0.4 is 0 Å². The highest BCUT2D eigenvalue weighted by Gasteiger charge is 2.17. The number of nitrogens with zero attached hydrogens (tertiary/aromatic N) is 1. The second-order valence-electron chi connectivity index (χ2n) is 3.16. The van der Waals surface area contributed by atoms with E-state index >= 15 is 0 Å². The van der Waals surface area contributed by atoms with Crippen molar-refractivity contribution in [2.45, 2.75) is 6.42 Å². The molecule has 1 amide bonds. The number of carboxylic acids is 1. The smallest absolute Gasteiger partial charge is 0.305 e. The fourth-order valence-corrected chi connectivity index (χ4v) is 1.22. The number of carboxylic acid groups (broad SMARTS) is 1. The summed E-state index contributed by atoms with van der Waals surface area (Å²) in [6.45, 7) is 3.96. The molecule has 86 valence electrons. The Morgan fingerprint density at radius 3 is 2.81 bits per heavy atom. The predicted molar refractivity (Wildman–Crippen MR) is 57.1 cm³/mol. The molecule has 0 fully saturated rings. The average molecular weight is 223 g/mol. The number of hydrogen-bond donors (Lipinski definition) is 1. The third-order valence-electron chi connectivity index (χ3n) is 1.96. The molecule has 1 N–H and O–H groups in total. The molecule has 1 aromatic rings. The minimum Gasteiger partial charge on any atom is -0.481 e. The Morgan fingerprint density at radius 2 is 2.31 bits per heavy atom. The van der Waals surface area contributed by atoms with Crippen molar-refractivity contribution in [3.63, 3.8) is 0 Å². The summed E-state index contributed by atoms with van der Waals surface area (Å²) in [6, 6.07) is 3.15. The van der Waals surface area contributed by atoms with Crippen molar-refractivity contribution in [3.05, 3.63) is 36.8 Å². The lowest BCUT2D eigenvalue weighted by atomic mass is 10.3. The highest BCUT2D eigenvalue weighted by atomic mass is 16.4. The van der Waals surface area contributed by atoms with Gasteiger partial charge in [-0.3, -0.25) is 9.59 Å². The zero-order valence-corrected chi connectivity index (χ0v) is 8.76. The molecule has 0 aliphatic carbocycles. The van der Waals surface area contributed by atoms with Gasteiger partial charge in [0.15, 0.2) is 5.76 Å². The van der Waals surface area contributed by atoms with Gasteiger partial charge in [0.2, 0.25) is 0 Å². The van der Waals surface area contributed by atoms with E-state index < -0.39 is 5.97 Å². The van der Waals surface area contributed by atoms with E-state index in [0.29, 0.717) is 6.54 Å². The maximum absolute atomic E-state index is 11.8. The molecule has 1 aromatic heterocycles. The Labute approximate surface area is 93.0 Å². The molecular formula is C11H13NO4. The molecule has 5 nitrogen and oxygen atoms in total. The molecule has 0 spiro atoms. The van der Waals surface area contributed by atoms with E-state index in [1.54, 1.807) is 18.2 Å². The maximum atomic E-state index is 11.8. The van der Waals surface area contributed by atoms with Crippen molar-refractivity contribution in [2.75, 3.05) is 13.1 Å². The van der Waals surface area contributed by atoms with Crippen LogP contribution in [0.1, 0.15) is 17.0 Å². The molecular weight excluding hydrogens is 210 g/mol. The Bertz CT molecular complexity index is 369. The summed E-state index contributed by atoms with van der Waals surface area (Å²) in [5.74, 6) is -1.07. The lowest BCUT2D eigenvalue weighted by Crippen LogP contribution is -2.32. The normalized spacial score (nSPS) is 9.75. The molecule has 1 rings (SSSR count). The SMILES string of the molecule is C=CCN(CCC(=O)O)C(=O)c1ccco1. The number of carbonyl (C=O) groups excluding carboxylic acids is 1. The Morgan fingerprint density at radius 1 is 1.56 bits per heavy atom. The molecule has 0 aliphatic rings. The van der Waals surface area contributed by atoms with E-state index in [-0.39, 0.29) is 24.6 Å². The van der Waals surface area contributed by atoms with Crippen LogP contribution in [0.5, 0.6) is 0 Å². The standard InChI is InChI=1S/C11H13NO4/c1-2-6-12(7-5-10(13)14)11(15)9-4-3-8-16-9/h2-4,8H,1,5-7H2,(H,13,14). The first kappa shape index (κ1) is 12.0. The van der Waals surface area contributed by atoms with E-state index in [1.807, 2.05) is 0 Å². The first-order valence-electron chi connectivity index (χ1n) is 4.80. The van der Waals surface area contributed by atoms with Crippen LogP contribution in [0.2, 0.25) is 0 Å². The quantitative estimate of drug-likeness (QED) is 0.739. The van der Waals surface area contributed by atoms with Gasteiger partial charge in [-0.2, -0.15) is 0 Å². The summed E-state index contributed by atoms with van der Waals surface area (Å²) in [5, 5.41) is 8.56. The van der Waals surface area contributed by atoms with Crippen molar-refractivity contribution in [2.24, 2.45) is 0 Å². The summed E-state index contributed by atoms with van der Waals surface area (Å²) in [7, 11) is 0. The van der Waals surface area contributed by atoms with Crippen LogP contribution in [0.25, 0.3) is 0 Å². The molecule has 0 aromatic carbocycles. The second-order valence-corrected chi connectivity index (χ2v) is 3.16. The van der Waals surface area contributed by atoms with Gasteiger partial charge in [0.05, 0.1) is 12.7 Å². The van der Waals surface area contributed by atoms with Crippen LogP contribution >= 0.6 is 0 Å². The summed E-state index contributed by atoms with van der Waals surface area (Å²) in [5.41, 5.74) is 0. The monoisotopic (exact) mass is 223 g/mol. The number of carbonyl (C=O) groups is 2. The number of hydrogen-bond acceptors (Lipinski definition) is 3. The van der Waals surface area contributed by atoms with E-state index in [9.17, 15) is 9.59 Å². The van der Waals surface area contributed by atoms with Crippen molar-refractivity contribution < 1.29 is 19.1 Å². The van der Waals surface area contributed by atoms with Gasteiger partial charge in [0.1, 0.15) is 0 Å². The van der Waals surface area contributed by atoms with Gasteiger partial charge in [0, 0.05) is 13.1 Å². The van der Waals surface area contributed by atoms with Gasteiger partial charge in [-0.1, -0.05) is 6.08 Å². The fourth-order valence-electron chi connectivity index (χ4n) is 1.22. The van der Waals surface area contributed by atoms with E-state index in [1.165, 1.54) is 11.2 Å². The van der Waals surface area contributed by atoms with Gasteiger partial charge in [-0.25, -0.2) is 0 Å². The lowest BCUT2D eigenvalue weighted by Gasteiger charge is -2.18. The van der Waals surface area contributed by atoms with Crippen molar-refractivity contribution >= 4 is 11.9 Å². The summed E-state index contributed by atoms with van der Waals surface area (Å²) < 4.78 is 4.96. The molecule has 0 aliphatic heterocycles. The van der Waals surface area contributed by atoms with Gasteiger partial charge in [-0.15, -0.1) is 6.58 Å². The Kier molecular flexibility index (Phi) is 4.32. The van der Waals surface area contributed by atoms with Crippen LogP contribution in [0.3, 0.4) is 0 Å². The number of furan rings is 1. The van der Waals surface area contributed by atoms with Crippen LogP contribution in [0.15, 0.2) is 35.5 Å². The third-order valence-corrected chi connectivity index (χ3v) is 1.96. The van der Waals surface area contributed by atoms with E-state index in [2.05, 4.69) is 6.58 Å². The first-order valence-corrected chi connectivity index (χ1v) is 4.80. The zero-order valence-electron chi connectivity index (χ0n) is 8.76. The summed E-state index contributed by atoms with van der Waals surface area (Å²) in [6.07, 6.45) is 2.85. The predicted octanol–water partition coefficient (Wildman–Crippen LogP) is 1.38. The summed E-state index contributed by atoms with van der Waals surface area (Å²) >= 11 is 0. The minimum absolute atomic E-state index is 0.0969. The van der Waals surface area contributed by atoms with Gasteiger partial charge in [0.25, 0.3) is 5.91 Å². The van der Waals surface area contributed by atoms with Crippen LogP contribution in [-0.2, 0) is 4.79 Å². The highest BCUT2D eigenvalue weighted by molar-refractivity contribution is 5.91. The largest absolute Gasteiger partial charge is 0.481 e. The molecule has 0 radical (unpaired) electrons. The van der Waals surface area contributed by atoms with Gasteiger partial charge >= 0.3 is 5.97 Å². The lowest BCUT2D eigenvalue weighted by molar-refractivity contribution is -0.137. The molecule has 5 heteroatoms. The van der Waals surface area contributed by atoms with E-state index in [0.717, 1.165) is 0 Å². The second kappa shape index (κ2) is 5.75.